The predicted octanol–water partition coefficient (Wildman–Crippen LogP) is 3.20. The Morgan fingerprint density at radius 2 is 2.37 bits per heavy atom. The summed E-state index contributed by atoms with van der Waals surface area (Å²) in [5.74, 6) is 0.678. The van der Waals surface area contributed by atoms with Gasteiger partial charge in [0.05, 0.1) is 6.21 Å². The van der Waals surface area contributed by atoms with Crippen LogP contribution < -0.4 is 5.43 Å². The quantitative estimate of drug-likeness (QED) is 0.595. The van der Waals surface area contributed by atoms with Crippen LogP contribution in [0, 0.1) is 6.92 Å². The Morgan fingerprint density at radius 1 is 1.47 bits per heavy atom. The van der Waals surface area contributed by atoms with Crippen molar-refractivity contribution in [3.8, 4) is 0 Å². The first-order chi connectivity index (χ1) is 9.25. The number of nitrogens with one attached hydrogen (secondary N) is 1. The fraction of sp³-hybridized carbons (Fsp3) is 0.0833. The van der Waals surface area contributed by atoms with Gasteiger partial charge in [-0.3, -0.25) is 9.83 Å². The highest BCUT2D eigenvalue weighted by molar-refractivity contribution is 7.15. The van der Waals surface area contributed by atoms with Crippen molar-refractivity contribution in [2.45, 2.75) is 6.92 Å². The Hall–Kier alpha value is -1.92. The smallest absolute Gasteiger partial charge is 0.195 e. The van der Waals surface area contributed by atoms with E-state index in [9.17, 15) is 0 Å². The molecule has 0 aromatic carbocycles. The molecule has 0 radical (unpaired) electrons. The molecule has 3 aromatic rings. The van der Waals surface area contributed by atoms with Crippen molar-refractivity contribution in [3.05, 3.63) is 46.3 Å². The third-order valence-corrected chi connectivity index (χ3v) is 3.78. The Bertz CT molecular complexity index is 731. The van der Waals surface area contributed by atoms with Gasteiger partial charge in [0.15, 0.2) is 10.1 Å². The Labute approximate surface area is 118 Å². The van der Waals surface area contributed by atoms with Gasteiger partial charge in [0.25, 0.3) is 0 Å². The second-order valence-electron chi connectivity index (χ2n) is 3.87. The van der Waals surface area contributed by atoms with Crippen molar-refractivity contribution in [2.75, 3.05) is 5.43 Å². The van der Waals surface area contributed by atoms with Gasteiger partial charge in [0, 0.05) is 17.3 Å². The van der Waals surface area contributed by atoms with Crippen LogP contribution in [0.4, 0.5) is 5.82 Å². The molecule has 19 heavy (non-hydrogen) atoms. The molecule has 0 aliphatic carbocycles. The number of aryl methyl sites for hydroxylation is 1. The summed E-state index contributed by atoms with van der Waals surface area (Å²) in [6, 6.07) is 5.57. The standard InChI is InChI=1S/C12H10ClN5S/c1-8-7-19-12-16-11(13)9(18(8)12)6-15-17-10-4-2-3-5-14-10/h2-7H,1H3,(H,14,17)/b15-6+. The van der Waals surface area contributed by atoms with Gasteiger partial charge in [-0.25, -0.2) is 9.97 Å². The van der Waals surface area contributed by atoms with Crippen molar-refractivity contribution in [1.82, 2.24) is 14.4 Å². The molecule has 7 heteroatoms. The van der Waals surface area contributed by atoms with E-state index in [4.69, 9.17) is 11.6 Å². The van der Waals surface area contributed by atoms with E-state index in [1.807, 2.05) is 34.9 Å². The topological polar surface area (TPSA) is 54.6 Å². The van der Waals surface area contributed by atoms with Crippen molar-refractivity contribution in [1.29, 1.82) is 0 Å². The average Bonchev–Trinajstić information content (AvgIpc) is 2.92. The van der Waals surface area contributed by atoms with Gasteiger partial charge < -0.3 is 0 Å². The molecule has 0 atom stereocenters. The number of hydrazone groups is 1. The summed E-state index contributed by atoms with van der Waals surface area (Å²) < 4.78 is 1.97. The van der Waals surface area contributed by atoms with Crippen LogP contribution in [0.15, 0.2) is 34.9 Å². The third-order valence-electron chi connectivity index (χ3n) is 2.56. The molecule has 0 saturated heterocycles. The van der Waals surface area contributed by atoms with Gasteiger partial charge in [-0.15, -0.1) is 11.3 Å². The molecule has 3 aromatic heterocycles. The van der Waals surface area contributed by atoms with Crippen molar-refractivity contribution in [2.24, 2.45) is 5.10 Å². The molecule has 0 unspecified atom stereocenters. The van der Waals surface area contributed by atoms with Gasteiger partial charge in [-0.05, 0) is 19.1 Å². The minimum Gasteiger partial charge on any atom is -0.285 e. The maximum Gasteiger partial charge on any atom is 0.195 e. The number of halogens is 1. The third kappa shape index (κ3) is 2.32. The summed E-state index contributed by atoms with van der Waals surface area (Å²) in [7, 11) is 0. The van der Waals surface area contributed by atoms with E-state index < -0.39 is 0 Å². The molecule has 0 aliphatic heterocycles. The SMILES string of the molecule is Cc1csc2nc(Cl)c(/C=N/Nc3ccccn3)n12. The van der Waals surface area contributed by atoms with Gasteiger partial charge in [0.2, 0.25) is 0 Å². The number of pyridine rings is 1. The van der Waals surface area contributed by atoms with Crippen molar-refractivity contribution in [3.63, 3.8) is 0 Å². The zero-order valence-corrected chi connectivity index (χ0v) is 11.6. The second kappa shape index (κ2) is 4.99. The lowest BCUT2D eigenvalue weighted by molar-refractivity contribution is 1.12. The zero-order valence-electron chi connectivity index (χ0n) is 10.0. The van der Waals surface area contributed by atoms with Crippen LogP contribution in [0.5, 0.6) is 0 Å². The molecular formula is C12H10ClN5S. The van der Waals surface area contributed by atoms with Crippen LogP contribution in [0.3, 0.4) is 0 Å². The Morgan fingerprint density at radius 3 is 3.16 bits per heavy atom. The van der Waals surface area contributed by atoms with Gasteiger partial charge in [-0.2, -0.15) is 5.10 Å². The first-order valence-corrected chi connectivity index (χ1v) is 6.83. The molecule has 5 nitrogen and oxygen atoms in total. The van der Waals surface area contributed by atoms with E-state index in [1.165, 1.54) is 0 Å². The van der Waals surface area contributed by atoms with Crippen molar-refractivity contribution < 1.29 is 0 Å². The zero-order chi connectivity index (χ0) is 13.2. The number of hydrogen-bond acceptors (Lipinski definition) is 5. The molecule has 0 spiro atoms. The maximum atomic E-state index is 6.10. The first-order valence-electron chi connectivity index (χ1n) is 5.58. The van der Waals surface area contributed by atoms with Crippen LogP contribution in [0.25, 0.3) is 4.96 Å². The van der Waals surface area contributed by atoms with E-state index >= 15 is 0 Å². The van der Waals surface area contributed by atoms with Crippen LogP contribution in [-0.2, 0) is 0 Å². The predicted molar refractivity (Wildman–Crippen MR) is 78.3 cm³/mol. The highest BCUT2D eigenvalue weighted by Crippen LogP contribution is 2.22. The number of fused-ring (bicyclic) bond motifs is 1. The Balaban J connectivity index is 1.89. The number of nitrogens with zero attached hydrogens (tertiary/aromatic N) is 4. The maximum absolute atomic E-state index is 6.10. The summed E-state index contributed by atoms with van der Waals surface area (Å²) in [6.45, 7) is 2.00. The number of thiazole rings is 1. The molecule has 3 rings (SSSR count). The highest BCUT2D eigenvalue weighted by Gasteiger charge is 2.11. The highest BCUT2D eigenvalue weighted by atomic mass is 35.5. The minimum absolute atomic E-state index is 0.446. The number of anilines is 1. The molecular weight excluding hydrogens is 282 g/mol. The number of hydrogen-bond donors (Lipinski definition) is 1. The van der Waals surface area contributed by atoms with Gasteiger partial charge in [-0.1, -0.05) is 17.7 Å². The van der Waals surface area contributed by atoms with Crippen LogP contribution in [-0.4, -0.2) is 20.6 Å². The van der Waals surface area contributed by atoms with E-state index in [0.717, 1.165) is 16.3 Å². The summed E-state index contributed by atoms with van der Waals surface area (Å²) in [4.78, 5) is 9.25. The molecule has 0 saturated carbocycles. The number of imidazole rings is 1. The van der Waals surface area contributed by atoms with Crippen molar-refractivity contribution >= 4 is 39.9 Å². The molecule has 96 valence electrons. The fourth-order valence-electron chi connectivity index (χ4n) is 1.70. The van der Waals surface area contributed by atoms with Crippen LogP contribution >= 0.6 is 22.9 Å². The minimum atomic E-state index is 0.446. The average molecular weight is 292 g/mol. The lowest BCUT2D eigenvalue weighted by atomic mass is 10.4. The lowest BCUT2D eigenvalue weighted by Gasteiger charge is -1.98. The molecule has 1 N–H and O–H groups in total. The largest absolute Gasteiger partial charge is 0.285 e. The summed E-state index contributed by atoms with van der Waals surface area (Å²) >= 11 is 7.65. The monoisotopic (exact) mass is 291 g/mol. The molecule has 0 bridgehead atoms. The Kier molecular flexibility index (Phi) is 3.18. The van der Waals surface area contributed by atoms with E-state index in [0.29, 0.717) is 11.0 Å². The van der Waals surface area contributed by atoms with Crippen LogP contribution in [0.2, 0.25) is 5.15 Å². The van der Waals surface area contributed by atoms with E-state index in [1.54, 1.807) is 23.7 Å². The summed E-state index contributed by atoms with van der Waals surface area (Å²) in [6.07, 6.45) is 3.35. The molecule has 3 heterocycles. The number of aromatic nitrogens is 3. The summed E-state index contributed by atoms with van der Waals surface area (Å²) in [5, 5.41) is 6.61. The van der Waals surface area contributed by atoms with Gasteiger partial charge >= 0.3 is 0 Å². The first kappa shape index (κ1) is 12.1. The lowest BCUT2D eigenvalue weighted by Crippen LogP contribution is -1.96. The molecule has 0 fully saturated rings. The van der Waals surface area contributed by atoms with E-state index in [-0.39, 0.29) is 0 Å². The van der Waals surface area contributed by atoms with E-state index in [2.05, 4.69) is 20.5 Å². The normalized spacial score (nSPS) is 11.5. The van der Waals surface area contributed by atoms with Crippen LogP contribution in [0.1, 0.15) is 11.4 Å². The van der Waals surface area contributed by atoms with Gasteiger partial charge in [0.1, 0.15) is 11.5 Å². The summed E-state index contributed by atoms with van der Waals surface area (Å²) in [5.41, 5.74) is 4.69. The fourth-order valence-corrected chi connectivity index (χ4v) is 2.83. The molecule has 0 aliphatic rings. The number of rotatable bonds is 3. The second-order valence-corrected chi connectivity index (χ2v) is 5.06. The molecule has 0 amide bonds.